The number of anilines is 3. The number of carbonyl (C=O) groups excluding carboxylic acids is 2. The molecule has 0 saturated heterocycles. The normalized spacial score (nSPS) is 12.8. The summed E-state index contributed by atoms with van der Waals surface area (Å²) in [4.78, 5) is 30.8. The van der Waals surface area contributed by atoms with Crippen molar-refractivity contribution in [2.75, 3.05) is 24.2 Å². The molecule has 0 aliphatic carbocycles. The molecule has 2 rings (SSSR count). The Kier molecular flexibility index (Phi) is 8.24. The fourth-order valence-electron chi connectivity index (χ4n) is 2.73. The lowest BCUT2D eigenvalue weighted by Gasteiger charge is -2.18. The molecule has 1 atom stereocenters. The standard InChI is InChI=1S/C20H22F4N6O2/c1-3-27-16(7-11(25)10-31)30-17-8-15(13(9-28-17)20(22,23)24)29-18-12(19(32)26-2)5-4-6-14(18)21/h4-6,8-11H,3,7,25H2,1-2H3,(H,26,32)(H2,27,28,29,30). The average Bonchev–Trinajstić information content (AvgIpc) is 2.74. The molecule has 12 heteroatoms. The number of aldehydes is 1. The Morgan fingerprint density at radius 2 is 2.06 bits per heavy atom. The summed E-state index contributed by atoms with van der Waals surface area (Å²) in [5.74, 6) is -1.42. The van der Waals surface area contributed by atoms with Crippen LogP contribution in [0.25, 0.3) is 0 Å². The molecule has 1 heterocycles. The number of rotatable bonds is 8. The van der Waals surface area contributed by atoms with Crippen molar-refractivity contribution in [3.8, 4) is 0 Å². The predicted molar refractivity (Wildman–Crippen MR) is 113 cm³/mol. The molecule has 2 aromatic rings. The van der Waals surface area contributed by atoms with Crippen molar-refractivity contribution in [3.05, 3.63) is 47.4 Å². The highest BCUT2D eigenvalue weighted by Gasteiger charge is 2.35. The van der Waals surface area contributed by atoms with Crippen LogP contribution in [0.4, 0.5) is 34.8 Å². The number of aromatic nitrogens is 1. The molecule has 172 valence electrons. The van der Waals surface area contributed by atoms with E-state index in [2.05, 4.69) is 25.9 Å². The van der Waals surface area contributed by atoms with E-state index in [0.29, 0.717) is 19.0 Å². The summed E-state index contributed by atoms with van der Waals surface area (Å²) in [6.45, 7) is 2.05. The van der Waals surface area contributed by atoms with Crippen molar-refractivity contribution in [2.45, 2.75) is 25.6 Å². The monoisotopic (exact) mass is 454 g/mol. The van der Waals surface area contributed by atoms with Gasteiger partial charge in [-0.2, -0.15) is 13.2 Å². The lowest BCUT2D eigenvalue weighted by molar-refractivity contribution is -0.137. The number of para-hydroxylation sites is 1. The molecule has 0 aliphatic heterocycles. The van der Waals surface area contributed by atoms with Crippen LogP contribution in [0.2, 0.25) is 0 Å². The minimum atomic E-state index is -4.81. The number of aliphatic imine (C=N–C) groups is 1. The van der Waals surface area contributed by atoms with Gasteiger partial charge in [0.05, 0.1) is 28.5 Å². The van der Waals surface area contributed by atoms with Crippen LogP contribution in [-0.2, 0) is 11.0 Å². The van der Waals surface area contributed by atoms with Gasteiger partial charge in [-0.3, -0.25) is 9.79 Å². The first kappa shape index (κ1) is 24.7. The van der Waals surface area contributed by atoms with Crippen LogP contribution < -0.4 is 21.7 Å². The molecule has 0 aliphatic rings. The zero-order chi connectivity index (χ0) is 23.9. The van der Waals surface area contributed by atoms with E-state index in [1.165, 1.54) is 19.2 Å². The van der Waals surface area contributed by atoms with E-state index in [4.69, 9.17) is 5.73 Å². The summed E-state index contributed by atoms with van der Waals surface area (Å²) < 4.78 is 55.1. The van der Waals surface area contributed by atoms with E-state index in [0.717, 1.165) is 12.1 Å². The second kappa shape index (κ2) is 10.7. The minimum Gasteiger partial charge on any atom is -0.355 e. The van der Waals surface area contributed by atoms with E-state index >= 15 is 0 Å². The molecular formula is C20H22F4N6O2. The summed E-state index contributed by atoms with van der Waals surface area (Å²) >= 11 is 0. The van der Waals surface area contributed by atoms with Gasteiger partial charge in [-0.05, 0) is 19.1 Å². The van der Waals surface area contributed by atoms with Gasteiger partial charge >= 0.3 is 6.18 Å². The molecule has 5 N–H and O–H groups in total. The summed E-state index contributed by atoms with van der Waals surface area (Å²) in [6.07, 6.45) is -3.73. The number of carbonyl (C=O) groups is 2. The zero-order valence-corrected chi connectivity index (χ0v) is 17.3. The summed E-state index contributed by atoms with van der Waals surface area (Å²) in [5.41, 5.74) is 3.27. The number of pyridine rings is 1. The number of alkyl halides is 3. The fraction of sp³-hybridized carbons (Fsp3) is 0.300. The molecular weight excluding hydrogens is 432 g/mol. The van der Waals surface area contributed by atoms with Gasteiger partial charge < -0.3 is 26.5 Å². The molecule has 8 nitrogen and oxygen atoms in total. The molecule has 0 bridgehead atoms. The number of amidine groups is 1. The maximum absolute atomic E-state index is 14.4. The zero-order valence-electron chi connectivity index (χ0n) is 17.3. The Bertz CT molecular complexity index is 1010. The SMILES string of the molecule is CCN=C(CC(N)C=O)Nc1cc(Nc2c(F)cccc2C(=O)NC)c(C(F)(F)F)cn1. The molecule has 0 fully saturated rings. The lowest BCUT2D eigenvalue weighted by Crippen LogP contribution is -2.29. The number of nitrogens with two attached hydrogens (primary N) is 1. The summed E-state index contributed by atoms with van der Waals surface area (Å²) in [6, 6.07) is 3.67. The number of nitrogens with one attached hydrogen (secondary N) is 3. The third-order valence-electron chi connectivity index (χ3n) is 4.18. The molecule has 1 amide bonds. The van der Waals surface area contributed by atoms with Crippen molar-refractivity contribution >= 4 is 35.2 Å². The van der Waals surface area contributed by atoms with Crippen LogP contribution in [0.15, 0.2) is 35.5 Å². The molecule has 1 aromatic heterocycles. The molecule has 1 unspecified atom stereocenters. The van der Waals surface area contributed by atoms with Crippen LogP contribution in [0.1, 0.15) is 29.3 Å². The molecule has 0 spiro atoms. The highest BCUT2D eigenvalue weighted by atomic mass is 19.4. The van der Waals surface area contributed by atoms with Gasteiger partial charge in [0.25, 0.3) is 5.91 Å². The smallest absolute Gasteiger partial charge is 0.355 e. The van der Waals surface area contributed by atoms with Gasteiger partial charge in [0, 0.05) is 32.3 Å². The van der Waals surface area contributed by atoms with Gasteiger partial charge in [0.2, 0.25) is 0 Å². The number of nitrogens with zero attached hydrogens (tertiary/aromatic N) is 2. The Morgan fingerprint density at radius 3 is 2.66 bits per heavy atom. The van der Waals surface area contributed by atoms with Crippen LogP contribution in [0.5, 0.6) is 0 Å². The predicted octanol–water partition coefficient (Wildman–Crippen LogP) is 3.09. The first-order chi connectivity index (χ1) is 15.1. The van der Waals surface area contributed by atoms with Crippen molar-refractivity contribution in [2.24, 2.45) is 10.7 Å². The van der Waals surface area contributed by atoms with Crippen LogP contribution in [0, 0.1) is 5.82 Å². The van der Waals surface area contributed by atoms with E-state index in [1.807, 2.05) is 0 Å². The second-order valence-electron chi connectivity index (χ2n) is 6.53. The van der Waals surface area contributed by atoms with Gasteiger partial charge in [-0.15, -0.1) is 0 Å². The van der Waals surface area contributed by atoms with E-state index in [1.54, 1.807) is 6.92 Å². The summed E-state index contributed by atoms with van der Waals surface area (Å²) in [7, 11) is 1.31. The Morgan fingerprint density at radius 1 is 1.34 bits per heavy atom. The van der Waals surface area contributed by atoms with E-state index in [-0.39, 0.29) is 23.6 Å². The third kappa shape index (κ3) is 6.23. The van der Waals surface area contributed by atoms with Gasteiger partial charge in [0.1, 0.15) is 23.8 Å². The van der Waals surface area contributed by atoms with Crippen molar-refractivity contribution in [1.29, 1.82) is 0 Å². The Balaban J connectivity index is 2.51. The summed E-state index contributed by atoms with van der Waals surface area (Å²) in [5, 5.41) is 7.41. The Hall–Kier alpha value is -3.54. The van der Waals surface area contributed by atoms with Gasteiger partial charge in [-0.1, -0.05) is 6.07 Å². The number of hydrogen-bond acceptors (Lipinski definition) is 6. The highest BCUT2D eigenvalue weighted by molar-refractivity contribution is 6.00. The largest absolute Gasteiger partial charge is 0.419 e. The molecule has 0 saturated carbocycles. The van der Waals surface area contributed by atoms with Crippen LogP contribution in [-0.4, -0.2) is 42.6 Å². The highest BCUT2D eigenvalue weighted by Crippen LogP contribution is 2.37. The number of hydrogen-bond donors (Lipinski definition) is 4. The van der Waals surface area contributed by atoms with Crippen LogP contribution >= 0.6 is 0 Å². The topological polar surface area (TPSA) is 121 Å². The van der Waals surface area contributed by atoms with Crippen LogP contribution in [0.3, 0.4) is 0 Å². The van der Waals surface area contributed by atoms with Gasteiger partial charge in [0.15, 0.2) is 0 Å². The maximum Gasteiger partial charge on any atom is 0.419 e. The fourth-order valence-corrected chi connectivity index (χ4v) is 2.73. The maximum atomic E-state index is 14.4. The van der Waals surface area contributed by atoms with Crippen molar-refractivity contribution in [1.82, 2.24) is 10.3 Å². The molecule has 0 radical (unpaired) electrons. The molecule has 1 aromatic carbocycles. The minimum absolute atomic E-state index is 0.0109. The first-order valence-corrected chi connectivity index (χ1v) is 9.46. The number of halogens is 4. The lowest BCUT2D eigenvalue weighted by atomic mass is 10.1. The number of amides is 1. The third-order valence-corrected chi connectivity index (χ3v) is 4.18. The second-order valence-corrected chi connectivity index (χ2v) is 6.53. The van der Waals surface area contributed by atoms with E-state index < -0.39 is 40.9 Å². The first-order valence-electron chi connectivity index (χ1n) is 9.46. The quantitative estimate of drug-likeness (QED) is 0.211. The Labute approximate surface area is 181 Å². The van der Waals surface area contributed by atoms with Crippen molar-refractivity contribution in [3.63, 3.8) is 0 Å². The average molecular weight is 454 g/mol. The number of benzene rings is 1. The molecule has 32 heavy (non-hydrogen) atoms. The van der Waals surface area contributed by atoms with Gasteiger partial charge in [-0.25, -0.2) is 9.37 Å². The van der Waals surface area contributed by atoms with Crippen molar-refractivity contribution < 1.29 is 27.2 Å². The van der Waals surface area contributed by atoms with E-state index in [9.17, 15) is 27.2 Å².